The maximum absolute atomic E-state index is 5.36. The molecule has 0 spiro atoms. The van der Waals surface area contributed by atoms with E-state index in [1.54, 1.807) is 7.11 Å². The summed E-state index contributed by atoms with van der Waals surface area (Å²) in [6, 6.07) is 8.29. The van der Waals surface area contributed by atoms with Crippen LogP contribution < -0.4 is 15.0 Å². The van der Waals surface area contributed by atoms with Crippen LogP contribution in [-0.2, 0) is 0 Å². The number of fused-ring (bicyclic) bond motifs is 2. The molecule has 4 heteroatoms. The normalized spacial score (nSPS) is 25.1. The third-order valence-corrected chi connectivity index (χ3v) is 4.64. The van der Waals surface area contributed by atoms with Crippen molar-refractivity contribution in [2.45, 2.75) is 0 Å². The molecule has 20 heavy (non-hydrogen) atoms. The van der Waals surface area contributed by atoms with Gasteiger partial charge in [0.2, 0.25) is 0 Å². The quantitative estimate of drug-likeness (QED) is 0.903. The van der Waals surface area contributed by atoms with Crippen molar-refractivity contribution >= 4 is 16.6 Å². The highest BCUT2D eigenvalue weighted by molar-refractivity contribution is 5.93. The Bertz CT molecular complexity index is 631. The fourth-order valence-electron chi connectivity index (χ4n) is 3.54. The van der Waals surface area contributed by atoms with E-state index in [0.29, 0.717) is 0 Å². The van der Waals surface area contributed by atoms with Gasteiger partial charge in [0.1, 0.15) is 11.6 Å². The van der Waals surface area contributed by atoms with Crippen LogP contribution in [-0.4, -0.2) is 38.3 Å². The number of anilines is 1. The predicted molar refractivity (Wildman–Crippen MR) is 80.4 cm³/mol. The molecule has 1 N–H and O–H groups in total. The first-order valence-electron chi connectivity index (χ1n) is 7.23. The number of hydrogen-bond donors (Lipinski definition) is 1. The number of aromatic nitrogens is 1. The molecule has 2 aromatic rings. The largest absolute Gasteiger partial charge is 0.497 e. The summed E-state index contributed by atoms with van der Waals surface area (Å²) < 4.78 is 5.36. The molecule has 2 aliphatic heterocycles. The zero-order valence-corrected chi connectivity index (χ0v) is 11.7. The van der Waals surface area contributed by atoms with Crippen LogP contribution in [0.3, 0.4) is 0 Å². The van der Waals surface area contributed by atoms with Crippen molar-refractivity contribution in [1.29, 1.82) is 0 Å². The molecule has 4 nitrogen and oxygen atoms in total. The lowest BCUT2D eigenvalue weighted by molar-refractivity contribution is 0.415. The number of benzene rings is 1. The molecule has 1 aromatic heterocycles. The number of nitrogens with zero attached hydrogens (tertiary/aromatic N) is 2. The van der Waals surface area contributed by atoms with Crippen molar-refractivity contribution in [2.75, 3.05) is 38.2 Å². The highest BCUT2D eigenvalue weighted by Gasteiger charge is 2.36. The van der Waals surface area contributed by atoms with Gasteiger partial charge in [-0.15, -0.1) is 0 Å². The molecule has 0 aliphatic carbocycles. The predicted octanol–water partition coefficient (Wildman–Crippen LogP) is 1.90. The summed E-state index contributed by atoms with van der Waals surface area (Å²) in [6.07, 6.45) is 1.91. The highest BCUT2D eigenvalue weighted by Crippen LogP contribution is 2.34. The summed E-state index contributed by atoms with van der Waals surface area (Å²) in [5, 5.41) is 5.91. The van der Waals surface area contributed by atoms with Crippen molar-refractivity contribution in [1.82, 2.24) is 10.3 Å². The highest BCUT2D eigenvalue weighted by atomic mass is 16.5. The van der Waals surface area contributed by atoms with Gasteiger partial charge in [-0.2, -0.15) is 0 Å². The van der Waals surface area contributed by atoms with Gasteiger partial charge in [0.15, 0.2) is 0 Å². The van der Waals surface area contributed by atoms with Crippen LogP contribution in [0.4, 0.5) is 5.82 Å². The van der Waals surface area contributed by atoms with Crippen molar-refractivity contribution in [2.24, 2.45) is 11.8 Å². The fraction of sp³-hybridized carbons (Fsp3) is 0.438. The minimum atomic E-state index is 0.776. The third kappa shape index (κ3) is 1.83. The van der Waals surface area contributed by atoms with Gasteiger partial charge in [-0.05, 0) is 35.4 Å². The van der Waals surface area contributed by atoms with E-state index in [9.17, 15) is 0 Å². The first-order chi connectivity index (χ1) is 9.85. The summed E-state index contributed by atoms with van der Waals surface area (Å²) in [6.45, 7) is 4.52. The smallest absolute Gasteiger partial charge is 0.136 e. The Hall–Kier alpha value is -1.81. The molecule has 0 amide bonds. The van der Waals surface area contributed by atoms with Crippen LogP contribution in [0.15, 0.2) is 30.5 Å². The second-order valence-electron chi connectivity index (χ2n) is 5.81. The number of rotatable bonds is 2. The average molecular weight is 269 g/mol. The van der Waals surface area contributed by atoms with Crippen LogP contribution in [0.2, 0.25) is 0 Å². The van der Waals surface area contributed by atoms with Gasteiger partial charge < -0.3 is 15.0 Å². The molecule has 1 aromatic carbocycles. The van der Waals surface area contributed by atoms with Crippen molar-refractivity contribution in [3.63, 3.8) is 0 Å². The standard InChI is InChI=1S/C16H19N3O/c1-20-14-3-2-11-4-5-18-16(15(11)6-14)19-9-12-7-17-8-13(12)10-19/h2-6,12-13,17H,7-10H2,1H3. The van der Waals surface area contributed by atoms with E-state index < -0.39 is 0 Å². The van der Waals surface area contributed by atoms with E-state index in [0.717, 1.165) is 49.6 Å². The van der Waals surface area contributed by atoms with Crippen LogP contribution in [0.25, 0.3) is 10.8 Å². The summed E-state index contributed by atoms with van der Waals surface area (Å²) in [7, 11) is 1.71. The van der Waals surface area contributed by atoms with Gasteiger partial charge in [0.25, 0.3) is 0 Å². The molecule has 104 valence electrons. The topological polar surface area (TPSA) is 37.4 Å². The van der Waals surface area contributed by atoms with Crippen LogP contribution in [0.5, 0.6) is 5.75 Å². The van der Waals surface area contributed by atoms with Crippen molar-refractivity contribution in [3.8, 4) is 5.75 Å². The summed E-state index contributed by atoms with van der Waals surface area (Å²) in [4.78, 5) is 7.08. The zero-order valence-electron chi connectivity index (χ0n) is 11.7. The molecule has 2 fully saturated rings. The molecule has 2 atom stereocenters. The molecular formula is C16H19N3O. The first kappa shape index (κ1) is 12.0. The summed E-state index contributed by atoms with van der Waals surface area (Å²) in [5.74, 6) is 3.55. The lowest BCUT2D eigenvalue weighted by Gasteiger charge is -2.20. The van der Waals surface area contributed by atoms with E-state index >= 15 is 0 Å². The van der Waals surface area contributed by atoms with Gasteiger partial charge >= 0.3 is 0 Å². The van der Waals surface area contributed by atoms with Crippen LogP contribution >= 0.6 is 0 Å². The van der Waals surface area contributed by atoms with E-state index in [4.69, 9.17) is 4.74 Å². The van der Waals surface area contributed by atoms with Gasteiger partial charge in [-0.3, -0.25) is 0 Å². The van der Waals surface area contributed by atoms with E-state index in [-0.39, 0.29) is 0 Å². The van der Waals surface area contributed by atoms with Crippen molar-refractivity contribution in [3.05, 3.63) is 30.5 Å². The molecule has 2 saturated heterocycles. The Labute approximate surface area is 118 Å². The van der Waals surface area contributed by atoms with Gasteiger partial charge in [-0.25, -0.2) is 4.98 Å². The minimum absolute atomic E-state index is 0.776. The first-order valence-corrected chi connectivity index (χ1v) is 7.23. The lowest BCUT2D eigenvalue weighted by atomic mass is 10.0. The second-order valence-corrected chi connectivity index (χ2v) is 5.81. The summed E-state index contributed by atoms with van der Waals surface area (Å²) >= 11 is 0. The number of pyridine rings is 1. The minimum Gasteiger partial charge on any atom is -0.497 e. The Morgan fingerprint density at radius 3 is 2.75 bits per heavy atom. The Balaban J connectivity index is 1.75. The third-order valence-electron chi connectivity index (χ3n) is 4.64. The Kier molecular flexibility index (Phi) is 2.77. The molecule has 0 saturated carbocycles. The SMILES string of the molecule is COc1ccc2ccnc(N3CC4CNCC4C3)c2c1. The number of methoxy groups -OCH3 is 1. The average Bonchev–Trinajstić information content (AvgIpc) is 3.07. The van der Waals surface area contributed by atoms with Crippen LogP contribution in [0.1, 0.15) is 0 Å². The molecule has 0 radical (unpaired) electrons. The Morgan fingerprint density at radius 1 is 1.20 bits per heavy atom. The second kappa shape index (κ2) is 4.63. The van der Waals surface area contributed by atoms with Gasteiger partial charge in [0.05, 0.1) is 7.11 Å². The number of nitrogens with one attached hydrogen (secondary N) is 1. The monoisotopic (exact) mass is 269 g/mol. The molecule has 0 bridgehead atoms. The zero-order chi connectivity index (χ0) is 13.5. The molecule has 2 aliphatic rings. The number of hydrogen-bond acceptors (Lipinski definition) is 4. The van der Waals surface area contributed by atoms with E-state index in [1.807, 2.05) is 12.3 Å². The molecule has 3 heterocycles. The maximum Gasteiger partial charge on any atom is 0.136 e. The van der Waals surface area contributed by atoms with E-state index in [2.05, 4.69) is 33.4 Å². The van der Waals surface area contributed by atoms with Crippen molar-refractivity contribution < 1.29 is 4.74 Å². The lowest BCUT2D eigenvalue weighted by Crippen LogP contribution is -2.26. The van der Waals surface area contributed by atoms with E-state index in [1.165, 1.54) is 10.8 Å². The molecule has 2 unspecified atom stereocenters. The molecular weight excluding hydrogens is 250 g/mol. The van der Waals surface area contributed by atoms with Gasteiger partial charge in [-0.1, -0.05) is 6.07 Å². The van der Waals surface area contributed by atoms with Crippen LogP contribution in [0, 0.1) is 11.8 Å². The van der Waals surface area contributed by atoms with Gasteiger partial charge in [0, 0.05) is 37.8 Å². The molecule has 4 rings (SSSR count). The fourth-order valence-corrected chi connectivity index (χ4v) is 3.54. The number of ether oxygens (including phenoxy) is 1. The maximum atomic E-state index is 5.36. The Morgan fingerprint density at radius 2 is 2.00 bits per heavy atom. The summed E-state index contributed by atoms with van der Waals surface area (Å²) in [5.41, 5.74) is 0.